The summed E-state index contributed by atoms with van der Waals surface area (Å²) >= 11 is 7.50. The van der Waals surface area contributed by atoms with E-state index in [-0.39, 0.29) is 11.1 Å². The van der Waals surface area contributed by atoms with Crippen LogP contribution in [0, 0.1) is 6.92 Å². The van der Waals surface area contributed by atoms with Crippen LogP contribution in [0.5, 0.6) is 0 Å². The summed E-state index contributed by atoms with van der Waals surface area (Å²) in [6.07, 6.45) is 1.69. The van der Waals surface area contributed by atoms with E-state index < -0.39 is 0 Å². The van der Waals surface area contributed by atoms with Gasteiger partial charge in [-0.15, -0.1) is 0 Å². The third kappa shape index (κ3) is 3.81. The lowest BCUT2D eigenvalue weighted by Gasteiger charge is -2.14. The van der Waals surface area contributed by atoms with Crippen LogP contribution in [-0.4, -0.2) is 18.9 Å². The second-order valence-corrected chi connectivity index (χ2v) is 8.72. The van der Waals surface area contributed by atoms with Crippen molar-refractivity contribution in [2.45, 2.75) is 17.8 Å². The summed E-state index contributed by atoms with van der Waals surface area (Å²) in [6.45, 7) is 1.97. The molecule has 5 rings (SSSR count). The van der Waals surface area contributed by atoms with Gasteiger partial charge in [0, 0.05) is 23.0 Å². The molecule has 0 saturated carbocycles. The van der Waals surface area contributed by atoms with E-state index in [1.807, 2.05) is 37.3 Å². The van der Waals surface area contributed by atoms with Gasteiger partial charge >= 0.3 is 0 Å². The molecule has 2 aromatic carbocycles. The number of aryl methyl sites for hydroxylation is 1. The fourth-order valence-corrected chi connectivity index (χ4v) is 4.62. The number of thioether (sulfide) groups is 1. The van der Waals surface area contributed by atoms with Crippen LogP contribution >= 0.6 is 23.4 Å². The zero-order valence-electron chi connectivity index (χ0n) is 17.0. The van der Waals surface area contributed by atoms with Crippen molar-refractivity contribution in [3.63, 3.8) is 0 Å². The van der Waals surface area contributed by atoms with E-state index in [2.05, 4.69) is 4.98 Å². The van der Waals surface area contributed by atoms with Crippen molar-refractivity contribution in [3.8, 4) is 5.69 Å². The van der Waals surface area contributed by atoms with Gasteiger partial charge in [-0.2, -0.15) is 0 Å². The zero-order valence-corrected chi connectivity index (χ0v) is 18.6. The molecule has 0 amide bonds. The lowest BCUT2D eigenvalue weighted by molar-refractivity contribution is 0.818. The molecule has 0 aliphatic rings. The molecule has 32 heavy (non-hydrogen) atoms. The highest BCUT2D eigenvalue weighted by molar-refractivity contribution is 7.98. The molecule has 0 aliphatic heterocycles. The number of aromatic nitrogens is 4. The summed E-state index contributed by atoms with van der Waals surface area (Å²) < 4.78 is 3.09. The standard InChI is InChI=1S/C24H17ClN4O2S/c1-15-5-4-6-18(11-15)29-23(31)19-9-8-16(25)12-20(19)27-24(29)32-14-17-13-22(30)28-10-3-2-7-21(28)26-17/h2-13H,14H2,1H3. The number of rotatable bonds is 4. The molecule has 6 nitrogen and oxygen atoms in total. The normalized spacial score (nSPS) is 11.3. The van der Waals surface area contributed by atoms with Crippen molar-refractivity contribution in [1.29, 1.82) is 0 Å². The first kappa shape index (κ1) is 20.5. The number of pyridine rings is 1. The van der Waals surface area contributed by atoms with Crippen LogP contribution < -0.4 is 11.1 Å². The summed E-state index contributed by atoms with van der Waals surface area (Å²) in [7, 11) is 0. The minimum Gasteiger partial charge on any atom is -0.269 e. The highest BCUT2D eigenvalue weighted by atomic mass is 35.5. The van der Waals surface area contributed by atoms with Gasteiger partial charge in [0.05, 0.1) is 22.3 Å². The molecule has 0 aliphatic carbocycles. The first-order valence-electron chi connectivity index (χ1n) is 9.89. The minimum atomic E-state index is -0.175. The summed E-state index contributed by atoms with van der Waals surface area (Å²) in [5, 5.41) is 1.51. The number of halogens is 1. The number of hydrogen-bond donors (Lipinski definition) is 0. The summed E-state index contributed by atoms with van der Waals surface area (Å²) in [4.78, 5) is 35.1. The van der Waals surface area contributed by atoms with Crippen LogP contribution in [0.2, 0.25) is 5.02 Å². The molecule has 158 valence electrons. The van der Waals surface area contributed by atoms with Crippen LogP contribution in [0.3, 0.4) is 0 Å². The van der Waals surface area contributed by atoms with E-state index in [9.17, 15) is 9.59 Å². The summed E-state index contributed by atoms with van der Waals surface area (Å²) in [5.41, 5.74) is 3.15. The van der Waals surface area contributed by atoms with Gasteiger partial charge in [0.25, 0.3) is 11.1 Å². The Labute approximate surface area is 192 Å². The number of nitrogens with zero attached hydrogens (tertiary/aromatic N) is 4. The predicted molar refractivity (Wildman–Crippen MR) is 128 cm³/mol. The van der Waals surface area contributed by atoms with Crippen LogP contribution in [-0.2, 0) is 5.75 Å². The van der Waals surface area contributed by atoms with Crippen LogP contribution in [0.4, 0.5) is 0 Å². The van der Waals surface area contributed by atoms with E-state index in [4.69, 9.17) is 16.6 Å². The van der Waals surface area contributed by atoms with Gasteiger partial charge in [0.1, 0.15) is 5.65 Å². The van der Waals surface area contributed by atoms with E-state index in [0.717, 1.165) is 11.3 Å². The quantitative estimate of drug-likeness (QED) is 0.288. The molecule has 0 bridgehead atoms. The number of fused-ring (bicyclic) bond motifs is 2. The fourth-order valence-electron chi connectivity index (χ4n) is 3.55. The zero-order chi connectivity index (χ0) is 22.2. The van der Waals surface area contributed by atoms with Gasteiger partial charge in [-0.05, 0) is 55.0 Å². The number of hydrogen-bond acceptors (Lipinski definition) is 5. The topological polar surface area (TPSA) is 69.3 Å². The molecular formula is C24H17ClN4O2S. The molecule has 0 atom stereocenters. The Morgan fingerprint density at radius 3 is 2.69 bits per heavy atom. The Balaban J connectivity index is 1.63. The van der Waals surface area contributed by atoms with Gasteiger partial charge in [-0.25, -0.2) is 9.97 Å². The Hall–Kier alpha value is -3.42. The molecule has 0 N–H and O–H groups in total. The largest absolute Gasteiger partial charge is 0.269 e. The van der Waals surface area contributed by atoms with Crippen LogP contribution in [0.1, 0.15) is 11.3 Å². The van der Waals surface area contributed by atoms with Crippen LogP contribution in [0.25, 0.3) is 22.2 Å². The van der Waals surface area contributed by atoms with Crippen molar-refractivity contribution in [2.24, 2.45) is 0 Å². The minimum absolute atomic E-state index is 0.152. The third-order valence-electron chi connectivity index (χ3n) is 5.03. The number of benzene rings is 2. The summed E-state index contributed by atoms with van der Waals surface area (Å²) in [6, 6.07) is 19.7. The maximum atomic E-state index is 13.4. The van der Waals surface area contributed by atoms with Gasteiger partial charge in [-0.1, -0.05) is 41.6 Å². The van der Waals surface area contributed by atoms with Crippen molar-refractivity contribution < 1.29 is 0 Å². The smallest absolute Gasteiger partial charge is 0.266 e. The van der Waals surface area contributed by atoms with Gasteiger partial charge < -0.3 is 0 Å². The second kappa shape index (κ2) is 8.26. The maximum absolute atomic E-state index is 13.4. The molecule has 0 unspecified atom stereocenters. The molecule has 0 spiro atoms. The fraction of sp³-hybridized carbons (Fsp3) is 0.0833. The van der Waals surface area contributed by atoms with Crippen molar-refractivity contribution in [2.75, 3.05) is 0 Å². The molecule has 0 fully saturated rings. The van der Waals surface area contributed by atoms with E-state index >= 15 is 0 Å². The average molecular weight is 461 g/mol. The Morgan fingerprint density at radius 2 is 1.84 bits per heavy atom. The highest BCUT2D eigenvalue weighted by Crippen LogP contribution is 2.25. The summed E-state index contributed by atoms with van der Waals surface area (Å²) in [5.74, 6) is 0.380. The predicted octanol–water partition coefficient (Wildman–Crippen LogP) is 4.65. The first-order valence-corrected chi connectivity index (χ1v) is 11.3. The van der Waals surface area contributed by atoms with Gasteiger partial charge in [0.15, 0.2) is 5.16 Å². The van der Waals surface area contributed by atoms with Crippen LogP contribution in [0.15, 0.2) is 87.7 Å². The second-order valence-electron chi connectivity index (χ2n) is 7.34. The Kier molecular flexibility index (Phi) is 5.28. The van der Waals surface area contributed by atoms with E-state index in [0.29, 0.717) is 38.2 Å². The monoisotopic (exact) mass is 460 g/mol. The molecule has 3 aromatic heterocycles. The molecular weight excluding hydrogens is 444 g/mol. The van der Waals surface area contributed by atoms with Crippen molar-refractivity contribution >= 4 is 39.9 Å². The van der Waals surface area contributed by atoms with Gasteiger partial charge in [0.2, 0.25) is 0 Å². The first-order chi connectivity index (χ1) is 15.5. The van der Waals surface area contributed by atoms with E-state index in [1.165, 1.54) is 22.2 Å². The Bertz CT molecular complexity index is 1610. The third-order valence-corrected chi connectivity index (χ3v) is 6.24. The van der Waals surface area contributed by atoms with Crippen molar-refractivity contribution in [3.05, 3.63) is 110 Å². The average Bonchev–Trinajstić information content (AvgIpc) is 2.77. The van der Waals surface area contributed by atoms with Crippen molar-refractivity contribution in [1.82, 2.24) is 18.9 Å². The molecule has 5 aromatic rings. The lowest BCUT2D eigenvalue weighted by atomic mass is 10.2. The molecule has 8 heteroatoms. The lowest BCUT2D eigenvalue weighted by Crippen LogP contribution is -2.22. The SMILES string of the molecule is Cc1cccc(-n2c(SCc3cc(=O)n4ccccc4n3)nc3cc(Cl)ccc3c2=O)c1. The van der Waals surface area contributed by atoms with E-state index in [1.54, 1.807) is 41.1 Å². The molecule has 3 heterocycles. The maximum Gasteiger partial charge on any atom is 0.266 e. The molecule has 0 radical (unpaired) electrons. The highest BCUT2D eigenvalue weighted by Gasteiger charge is 2.15. The molecule has 0 saturated heterocycles. The van der Waals surface area contributed by atoms with Gasteiger partial charge in [-0.3, -0.25) is 18.6 Å². The Morgan fingerprint density at radius 1 is 0.969 bits per heavy atom.